The van der Waals surface area contributed by atoms with Gasteiger partial charge in [-0.2, -0.15) is 0 Å². The fourth-order valence-electron chi connectivity index (χ4n) is 2.30. The molecule has 25 heavy (non-hydrogen) atoms. The van der Waals surface area contributed by atoms with Crippen molar-refractivity contribution < 1.29 is 4.79 Å². The summed E-state index contributed by atoms with van der Waals surface area (Å²) in [6, 6.07) is 7.39. The number of nitrogen functional groups attached to an aromatic ring is 1. The Kier molecular flexibility index (Phi) is 7.13. The number of nitrogens with zero attached hydrogens (tertiary/aromatic N) is 3. The molecule has 0 radical (unpaired) electrons. The van der Waals surface area contributed by atoms with Gasteiger partial charge in [-0.25, -0.2) is 4.68 Å². The van der Waals surface area contributed by atoms with Crippen LogP contribution < -0.4 is 11.2 Å². The molecule has 2 rings (SSSR count). The normalized spacial score (nSPS) is 12.4. The SMILES string of the molecule is CC(C)CC[C@@H](C)NC(=O)CSc1nnc(-c2cccc(Cl)c2)n1N. The third-order valence-corrected chi connectivity index (χ3v) is 4.84. The lowest BCUT2D eigenvalue weighted by atomic mass is 10.0. The quantitative estimate of drug-likeness (QED) is 0.541. The second kappa shape index (κ2) is 9.10. The summed E-state index contributed by atoms with van der Waals surface area (Å²) in [6.45, 7) is 6.37. The molecule has 1 aromatic heterocycles. The molecule has 0 aliphatic carbocycles. The van der Waals surface area contributed by atoms with Gasteiger partial charge < -0.3 is 11.2 Å². The Morgan fingerprint density at radius 3 is 2.76 bits per heavy atom. The molecule has 136 valence electrons. The van der Waals surface area contributed by atoms with Crippen molar-refractivity contribution in [3.63, 3.8) is 0 Å². The van der Waals surface area contributed by atoms with Gasteiger partial charge in [0.1, 0.15) is 0 Å². The Morgan fingerprint density at radius 1 is 1.32 bits per heavy atom. The van der Waals surface area contributed by atoms with Crippen LogP contribution in [0.25, 0.3) is 11.4 Å². The monoisotopic (exact) mass is 381 g/mol. The maximum atomic E-state index is 12.1. The van der Waals surface area contributed by atoms with Crippen molar-refractivity contribution in [2.45, 2.75) is 44.8 Å². The number of hydrogen-bond acceptors (Lipinski definition) is 5. The molecule has 0 saturated carbocycles. The average Bonchev–Trinajstić information content (AvgIpc) is 2.92. The van der Waals surface area contributed by atoms with Gasteiger partial charge in [0.05, 0.1) is 5.75 Å². The summed E-state index contributed by atoms with van der Waals surface area (Å²) in [5, 5.41) is 12.2. The standard InChI is InChI=1S/C17H24ClN5OS/c1-11(2)7-8-12(3)20-15(24)10-25-17-22-21-16(23(17)19)13-5-4-6-14(18)9-13/h4-6,9,11-12H,7-8,10,19H2,1-3H3,(H,20,24)/t12-/m1/s1. The summed E-state index contributed by atoms with van der Waals surface area (Å²) in [4.78, 5) is 12.1. The molecule has 0 aliphatic rings. The summed E-state index contributed by atoms with van der Waals surface area (Å²) in [5.41, 5.74) is 0.779. The van der Waals surface area contributed by atoms with E-state index in [2.05, 4.69) is 29.4 Å². The lowest BCUT2D eigenvalue weighted by Gasteiger charge is -2.14. The van der Waals surface area contributed by atoms with Crippen molar-refractivity contribution in [2.24, 2.45) is 5.92 Å². The number of nitrogens with one attached hydrogen (secondary N) is 1. The van der Waals surface area contributed by atoms with Gasteiger partial charge in [0.15, 0.2) is 5.82 Å². The Bertz CT molecular complexity index is 719. The number of thioether (sulfide) groups is 1. The van der Waals surface area contributed by atoms with E-state index in [9.17, 15) is 4.79 Å². The van der Waals surface area contributed by atoms with E-state index in [0.717, 1.165) is 18.4 Å². The molecule has 0 bridgehead atoms. The van der Waals surface area contributed by atoms with Gasteiger partial charge in [0.2, 0.25) is 11.1 Å². The predicted octanol–water partition coefficient (Wildman–Crippen LogP) is 3.35. The molecule has 0 unspecified atom stereocenters. The maximum Gasteiger partial charge on any atom is 0.230 e. The van der Waals surface area contributed by atoms with Crippen LogP contribution >= 0.6 is 23.4 Å². The molecule has 1 amide bonds. The van der Waals surface area contributed by atoms with Gasteiger partial charge in [-0.05, 0) is 37.8 Å². The number of benzene rings is 1. The van der Waals surface area contributed by atoms with Crippen LogP contribution in [0, 0.1) is 5.92 Å². The van der Waals surface area contributed by atoms with E-state index in [1.54, 1.807) is 12.1 Å². The molecule has 0 aliphatic heterocycles. The van der Waals surface area contributed by atoms with Gasteiger partial charge in [-0.1, -0.05) is 49.3 Å². The lowest BCUT2D eigenvalue weighted by Crippen LogP contribution is -2.34. The number of hydrogen-bond donors (Lipinski definition) is 2. The molecule has 8 heteroatoms. The summed E-state index contributed by atoms with van der Waals surface area (Å²) in [6.07, 6.45) is 2.06. The van der Waals surface area contributed by atoms with Crippen LogP contribution in [0.2, 0.25) is 5.02 Å². The molecule has 1 aromatic carbocycles. The van der Waals surface area contributed by atoms with Crippen LogP contribution in [0.5, 0.6) is 0 Å². The highest BCUT2D eigenvalue weighted by Gasteiger charge is 2.15. The van der Waals surface area contributed by atoms with E-state index in [-0.39, 0.29) is 17.7 Å². The fraction of sp³-hybridized carbons (Fsp3) is 0.471. The second-order valence-electron chi connectivity index (χ2n) is 6.41. The summed E-state index contributed by atoms with van der Waals surface area (Å²) < 4.78 is 1.38. The highest BCUT2D eigenvalue weighted by molar-refractivity contribution is 7.99. The van der Waals surface area contributed by atoms with Crippen LogP contribution in [0.3, 0.4) is 0 Å². The number of rotatable bonds is 8. The maximum absolute atomic E-state index is 12.1. The smallest absolute Gasteiger partial charge is 0.230 e. The van der Waals surface area contributed by atoms with Gasteiger partial charge in [0, 0.05) is 16.6 Å². The minimum Gasteiger partial charge on any atom is -0.353 e. The zero-order valence-corrected chi connectivity index (χ0v) is 16.3. The highest BCUT2D eigenvalue weighted by atomic mass is 35.5. The largest absolute Gasteiger partial charge is 0.353 e. The van der Waals surface area contributed by atoms with Gasteiger partial charge in [-0.3, -0.25) is 4.79 Å². The van der Waals surface area contributed by atoms with Crippen LogP contribution in [-0.4, -0.2) is 32.6 Å². The number of nitrogens with two attached hydrogens (primary N) is 1. The molecule has 0 spiro atoms. The van der Waals surface area contributed by atoms with Gasteiger partial charge in [-0.15, -0.1) is 10.2 Å². The zero-order chi connectivity index (χ0) is 18.4. The molecular weight excluding hydrogens is 358 g/mol. The minimum absolute atomic E-state index is 0.0337. The Balaban J connectivity index is 1.90. The number of amides is 1. The van der Waals surface area contributed by atoms with Crippen LogP contribution in [0.1, 0.15) is 33.6 Å². The second-order valence-corrected chi connectivity index (χ2v) is 7.79. The summed E-state index contributed by atoms with van der Waals surface area (Å²) >= 11 is 7.25. The van der Waals surface area contributed by atoms with E-state index in [1.807, 2.05) is 19.1 Å². The molecule has 1 atom stereocenters. The van der Waals surface area contributed by atoms with Gasteiger partial charge in [0.25, 0.3) is 0 Å². The number of aromatic nitrogens is 3. The first-order valence-corrected chi connectivity index (χ1v) is 9.61. The van der Waals surface area contributed by atoms with E-state index in [1.165, 1.54) is 16.4 Å². The summed E-state index contributed by atoms with van der Waals surface area (Å²) in [7, 11) is 0. The topological polar surface area (TPSA) is 85.8 Å². The van der Waals surface area contributed by atoms with Crippen LogP contribution in [-0.2, 0) is 4.79 Å². The predicted molar refractivity (Wildman–Crippen MR) is 103 cm³/mol. The van der Waals surface area contributed by atoms with Crippen molar-refractivity contribution >= 4 is 29.3 Å². The highest BCUT2D eigenvalue weighted by Crippen LogP contribution is 2.23. The number of carbonyl (C=O) groups excluding carboxylic acids is 1. The fourth-order valence-corrected chi connectivity index (χ4v) is 3.16. The van der Waals surface area contributed by atoms with Gasteiger partial charge >= 0.3 is 0 Å². The van der Waals surface area contributed by atoms with E-state index in [4.69, 9.17) is 17.4 Å². The molecular formula is C17H24ClN5OS. The lowest BCUT2D eigenvalue weighted by molar-refractivity contribution is -0.119. The summed E-state index contributed by atoms with van der Waals surface area (Å²) in [5.74, 6) is 7.41. The molecule has 3 N–H and O–H groups in total. The van der Waals surface area contributed by atoms with E-state index in [0.29, 0.717) is 21.9 Å². The van der Waals surface area contributed by atoms with Crippen molar-refractivity contribution in [1.82, 2.24) is 20.2 Å². The molecule has 0 fully saturated rings. The van der Waals surface area contributed by atoms with E-state index < -0.39 is 0 Å². The Morgan fingerprint density at radius 2 is 2.08 bits per heavy atom. The van der Waals surface area contributed by atoms with Crippen molar-refractivity contribution in [3.8, 4) is 11.4 Å². The van der Waals surface area contributed by atoms with Crippen molar-refractivity contribution in [1.29, 1.82) is 0 Å². The van der Waals surface area contributed by atoms with Crippen LogP contribution in [0.15, 0.2) is 29.4 Å². The number of halogens is 1. The first kappa shape index (κ1) is 19.6. The van der Waals surface area contributed by atoms with Crippen molar-refractivity contribution in [2.75, 3.05) is 11.6 Å². The molecule has 6 nitrogen and oxygen atoms in total. The first-order valence-electron chi connectivity index (χ1n) is 8.25. The third-order valence-electron chi connectivity index (χ3n) is 3.66. The Hall–Kier alpha value is -1.73. The zero-order valence-electron chi connectivity index (χ0n) is 14.7. The molecule has 2 aromatic rings. The van der Waals surface area contributed by atoms with Crippen molar-refractivity contribution in [3.05, 3.63) is 29.3 Å². The van der Waals surface area contributed by atoms with Crippen LogP contribution in [0.4, 0.5) is 0 Å². The minimum atomic E-state index is -0.0337. The van der Waals surface area contributed by atoms with E-state index >= 15 is 0 Å². The average molecular weight is 382 g/mol. The Labute approximate surface area is 157 Å². The molecule has 0 saturated heterocycles. The number of carbonyl (C=O) groups is 1. The first-order chi connectivity index (χ1) is 11.9. The molecule has 1 heterocycles. The third kappa shape index (κ3) is 5.93.